The Morgan fingerprint density at radius 1 is 1.30 bits per heavy atom. The summed E-state index contributed by atoms with van der Waals surface area (Å²) in [5.74, 6) is -0.167. The monoisotopic (exact) mass is 333 g/mol. The van der Waals surface area contributed by atoms with E-state index in [9.17, 15) is 4.79 Å². The number of hydrogen-bond acceptors (Lipinski definition) is 3. The zero-order chi connectivity index (χ0) is 14.4. The molecule has 0 spiro atoms. The fourth-order valence-electron chi connectivity index (χ4n) is 1.77. The molecule has 0 aliphatic rings. The van der Waals surface area contributed by atoms with Crippen molar-refractivity contribution in [2.45, 2.75) is 13.5 Å². The van der Waals surface area contributed by atoms with E-state index in [1.807, 2.05) is 24.3 Å². The molecule has 0 atom stereocenters. The molecule has 0 aliphatic heterocycles. The summed E-state index contributed by atoms with van der Waals surface area (Å²) in [7, 11) is 0. The summed E-state index contributed by atoms with van der Waals surface area (Å²) in [6.07, 6.45) is 3.19. The molecule has 1 aromatic heterocycles. The Balaban J connectivity index is 2.07. The summed E-state index contributed by atoms with van der Waals surface area (Å²) in [4.78, 5) is 16.1. The maximum Gasteiger partial charge on any atom is 0.257 e. The largest absolute Gasteiger partial charge is 0.322 e. The Labute approximate surface area is 126 Å². The first kappa shape index (κ1) is 14.7. The second-order valence-corrected chi connectivity index (χ2v) is 5.24. The molecular weight excluding hydrogens is 318 g/mol. The molecule has 1 aromatic carbocycles. The maximum absolute atomic E-state index is 12.1. The van der Waals surface area contributed by atoms with Gasteiger partial charge in [0, 0.05) is 29.1 Å². The first-order chi connectivity index (χ1) is 9.69. The molecule has 20 heavy (non-hydrogen) atoms. The Morgan fingerprint density at radius 3 is 2.90 bits per heavy atom. The lowest BCUT2D eigenvalue weighted by atomic mass is 10.2. The second-order valence-electron chi connectivity index (χ2n) is 4.33. The van der Waals surface area contributed by atoms with Gasteiger partial charge in [0.15, 0.2) is 0 Å². The van der Waals surface area contributed by atoms with Crippen LogP contribution in [0.4, 0.5) is 5.69 Å². The molecule has 0 aliphatic carbocycles. The van der Waals surface area contributed by atoms with Gasteiger partial charge >= 0.3 is 0 Å². The lowest BCUT2D eigenvalue weighted by Crippen LogP contribution is -2.14. The Kier molecular flexibility index (Phi) is 5.26. The Bertz CT molecular complexity index is 601. The normalized spacial score (nSPS) is 10.3. The minimum atomic E-state index is -0.167. The van der Waals surface area contributed by atoms with Crippen LogP contribution in [0.25, 0.3) is 0 Å². The van der Waals surface area contributed by atoms with E-state index < -0.39 is 0 Å². The number of nitrogens with one attached hydrogen (secondary N) is 2. The highest BCUT2D eigenvalue weighted by molar-refractivity contribution is 9.10. The van der Waals surface area contributed by atoms with Crippen molar-refractivity contribution in [1.29, 1.82) is 0 Å². The number of nitrogens with zero attached hydrogens (tertiary/aromatic N) is 1. The van der Waals surface area contributed by atoms with Crippen LogP contribution in [0, 0.1) is 0 Å². The van der Waals surface area contributed by atoms with E-state index in [1.54, 1.807) is 18.5 Å². The van der Waals surface area contributed by atoms with E-state index in [-0.39, 0.29) is 5.91 Å². The van der Waals surface area contributed by atoms with Gasteiger partial charge in [-0.1, -0.05) is 19.1 Å². The van der Waals surface area contributed by atoms with Gasteiger partial charge in [-0.15, -0.1) is 0 Å². The van der Waals surface area contributed by atoms with Crippen molar-refractivity contribution in [3.8, 4) is 0 Å². The van der Waals surface area contributed by atoms with Crippen LogP contribution in [0.5, 0.6) is 0 Å². The number of rotatable bonds is 5. The molecule has 0 saturated carbocycles. The predicted molar refractivity (Wildman–Crippen MR) is 83.7 cm³/mol. The fraction of sp³-hybridized carbons (Fsp3) is 0.200. The summed E-state index contributed by atoms with van der Waals surface area (Å²) in [6.45, 7) is 3.77. The van der Waals surface area contributed by atoms with E-state index in [0.717, 1.165) is 28.8 Å². The van der Waals surface area contributed by atoms with Crippen LogP contribution < -0.4 is 10.6 Å². The van der Waals surface area contributed by atoms with Gasteiger partial charge in [-0.25, -0.2) is 0 Å². The number of anilines is 1. The number of amides is 1. The molecule has 0 fully saturated rings. The quantitative estimate of drug-likeness (QED) is 0.883. The van der Waals surface area contributed by atoms with Crippen molar-refractivity contribution in [3.63, 3.8) is 0 Å². The minimum Gasteiger partial charge on any atom is -0.322 e. The van der Waals surface area contributed by atoms with Crippen molar-refractivity contribution >= 4 is 27.5 Å². The first-order valence-corrected chi connectivity index (χ1v) is 7.20. The zero-order valence-corrected chi connectivity index (χ0v) is 12.8. The molecule has 2 rings (SSSR count). The van der Waals surface area contributed by atoms with Gasteiger partial charge < -0.3 is 10.6 Å². The minimum absolute atomic E-state index is 0.167. The van der Waals surface area contributed by atoms with Crippen LogP contribution in [0.1, 0.15) is 22.8 Å². The number of aromatic nitrogens is 1. The molecule has 5 heteroatoms. The predicted octanol–water partition coefficient (Wildman–Crippen LogP) is 3.21. The van der Waals surface area contributed by atoms with Crippen LogP contribution in [-0.4, -0.2) is 17.4 Å². The molecule has 1 heterocycles. The highest BCUT2D eigenvalue weighted by Gasteiger charge is 2.07. The lowest BCUT2D eigenvalue weighted by Gasteiger charge is -2.08. The molecular formula is C15H16BrN3O. The molecule has 0 unspecified atom stereocenters. The van der Waals surface area contributed by atoms with E-state index in [1.165, 1.54) is 0 Å². The third-order valence-corrected chi connectivity index (χ3v) is 3.16. The summed E-state index contributed by atoms with van der Waals surface area (Å²) in [5, 5.41) is 6.13. The van der Waals surface area contributed by atoms with E-state index in [0.29, 0.717) is 5.56 Å². The first-order valence-electron chi connectivity index (χ1n) is 6.40. The van der Waals surface area contributed by atoms with Crippen LogP contribution in [0.2, 0.25) is 0 Å². The summed E-state index contributed by atoms with van der Waals surface area (Å²) in [6, 6.07) is 9.54. The standard InChI is InChI=1S/C15H16BrN3O/c1-2-17-8-11-4-3-5-14(6-11)19-15(20)12-7-13(16)10-18-9-12/h3-7,9-10,17H,2,8H2,1H3,(H,19,20). The third kappa shape index (κ3) is 4.15. The topological polar surface area (TPSA) is 54.0 Å². The highest BCUT2D eigenvalue weighted by Crippen LogP contribution is 2.14. The number of carbonyl (C=O) groups is 1. The van der Waals surface area contributed by atoms with Gasteiger partial charge in [0.05, 0.1) is 5.56 Å². The van der Waals surface area contributed by atoms with Crippen LogP contribution in [-0.2, 0) is 6.54 Å². The third-order valence-electron chi connectivity index (χ3n) is 2.73. The smallest absolute Gasteiger partial charge is 0.257 e. The van der Waals surface area contributed by atoms with Gasteiger partial charge in [0.2, 0.25) is 0 Å². The number of pyridine rings is 1. The van der Waals surface area contributed by atoms with E-state index >= 15 is 0 Å². The number of carbonyl (C=O) groups excluding carboxylic acids is 1. The van der Waals surface area contributed by atoms with E-state index in [2.05, 4.69) is 38.5 Å². The van der Waals surface area contributed by atoms with Gasteiger partial charge in [-0.3, -0.25) is 9.78 Å². The van der Waals surface area contributed by atoms with Crippen molar-refractivity contribution in [3.05, 3.63) is 58.3 Å². The highest BCUT2D eigenvalue weighted by atomic mass is 79.9. The van der Waals surface area contributed by atoms with Gasteiger partial charge in [0.1, 0.15) is 0 Å². The Morgan fingerprint density at radius 2 is 2.15 bits per heavy atom. The van der Waals surface area contributed by atoms with Gasteiger partial charge in [-0.2, -0.15) is 0 Å². The molecule has 2 N–H and O–H groups in total. The molecule has 4 nitrogen and oxygen atoms in total. The maximum atomic E-state index is 12.1. The SMILES string of the molecule is CCNCc1cccc(NC(=O)c2cncc(Br)c2)c1. The van der Waals surface area contributed by atoms with Crippen molar-refractivity contribution in [2.75, 3.05) is 11.9 Å². The molecule has 0 saturated heterocycles. The summed E-state index contributed by atoms with van der Waals surface area (Å²) in [5.41, 5.74) is 2.44. The molecule has 104 valence electrons. The molecule has 2 aromatic rings. The average molecular weight is 334 g/mol. The number of hydrogen-bond donors (Lipinski definition) is 2. The summed E-state index contributed by atoms with van der Waals surface area (Å²) >= 11 is 3.31. The van der Waals surface area contributed by atoms with Crippen molar-refractivity contribution in [1.82, 2.24) is 10.3 Å². The molecule has 0 bridgehead atoms. The zero-order valence-electron chi connectivity index (χ0n) is 11.2. The van der Waals surface area contributed by atoms with Crippen LogP contribution >= 0.6 is 15.9 Å². The fourth-order valence-corrected chi connectivity index (χ4v) is 2.13. The van der Waals surface area contributed by atoms with Crippen molar-refractivity contribution < 1.29 is 4.79 Å². The summed E-state index contributed by atoms with van der Waals surface area (Å²) < 4.78 is 0.783. The average Bonchev–Trinajstić information content (AvgIpc) is 2.45. The molecule has 1 amide bonds. The number of benzene rings is 1. The second kappa shape index (κ2) is 7.17. The lowest BCUT2D eigenvalue weighted by molar-refractivity contribution is 0.102. The number of halogens is 1. The van der Waals surface area contributed by atoms with Gasteiger partial charge in [-0.05, 0) is 46.2 Å². The molecule has 0 radical (unpaired) electrons. The Hall–Kier alpha value is -1.72. The van der Waals surface area contributed by atoms with E-state index in [4.69, 9.17) is 0 Å². The van der Waals surface area contributed by atoms with Crippen LogP contribution in [0.15, 0.2) is 47.2 Å². The van der Waals surface area contributed by atoms with Gasteiger partial charge in [0.25, 0.3) is 5.91 Å². The van der Waals surface area contributed by atoms with Crippen molar-refractivity contribution in [2.24, 2.45) is 0 Å². The van der Waals surface area contributed by atoms with Crippen LogP contribution in [0.3, 0.4) is 0 Å².